The van der Waals surface area contributed by atoms with Crippen LogP contribution in [0.15, 0.2) is 62.6 Å². The topological polar surface area (TPSA) is 298 Å². The maximum atomic E-state index is 13.2. The standard InChI is InChI=1S/C28H40N4O3.C17H29N3O4.C13H19N3O3.C10H15N3O2.C8H15NS/c1-20-9-6-7-10-22(20)19-35-26-17-24-13-14-25(18-26)30(24)15-8-16-31-27(33)29-21(2)32(28(31)34)23-11-4-3-5-12-23;1-4-23-15(24-5-2)11-12-19-16(21)18-13(3)20(17(19)22)14-9-7-6-8-10-14;1-10-14-12(18)15(8-5-9-17)13(19)16(10)11-6-3-2-4-7-11;1-7-11-9(14)12-10(15)13(7)8-5-3-2-4-6-8;1-7(10)9-8-5-3-2-4-6-8/h6-7,9-10,23-26H,3-5,8,11-19H2,1-2H3;14-15H,4-12H2,1-3H3;9,11H,2-8H2,1H3;8H,2-6H2,1H3,(H,12,14,15);8H,2-6H2,1H3,(H,9,10). The number of carbonyl (C=O) groups is 1. The van der Waals surface area contributed by atoms with Crippen molar-refractivity contribution in [3.63, 3.8) is 0 Å². The van der Waals surface area contributed by atoms with E-state index < -0.39 is 29.0 Å². The number of rotatable bonds is 22. The quantitative estimate of drug-likeness (QED) is 0.0370. The van der Waals surface area contributed by atoms with Crippen molar-refractivity contribution in [2.45, 2.75) is 342 Å². The van der Waals surface area contributed by atoms with Gasteiger partial charge in [-0.15, -0.1) is 0 Å². The van der Waals surface area contributed by atoms with Crippen LogP contribution in [0.2, 0.25) is 0 Å². The molecule has 27 heteroatoms. The molecule has 103 heavy (non-hydrogen) atoms. The van der Waals surface area contributed by atoms with Crippen LogP contribution in [0, 0.1) is 34.6 Å². The third-order valence-corrected chi connectivity index (χ3v) is 21.9. The summed E-state index contributed by atoms with van der Waals surface area (Å²) in [5, 5.41) is 3.31. The van der Waals surface area contributed by atoms with Gasteiger partial charge in [-0.05, 0) is 163 Å². The molecule has 0 amide bonds. The van der Waals surface area contributed by atoms with Gasteiger partial charge < -0.3 is 24.3 Å². The molecule has 5 aromatic rings. The molecule has 0 radical (unpaired) electrons. The highest BCUT2D eigenvalue weighted by Crippen LogP contribution is 2.38. The van der Waals surface area contributed by atoms with Gasteiger partial charge in [0.05, 0.1) is 17.7 Å². The van der Waals surface area contributed by atoms with Gasteiger partial charge in [0, 0.05) is 94.5 Å². The van der Waals surface area contributed by atoms with Gasteiger partial charge in [-0.2, -0.15) is 19.9 Å². The van der Waals surface area contributed by atoms with Crippen LogP contribution < -0.4 is 50.8 Å². The molecule has 2 atom stereocenters. The zero-order chi connectivity index (χ0) is 74.0. The average Bonchev–Trinajstić information content (AvgIpc) is 1.61. The van der Waals surface area contributed by atoms with Crippen molar-refractivity contribution >= 4 is 23.5 Å². The number of H-pyrrole nitrogens is 1. The molecule has 6 heterocycles. The summed E-state index contributed by atoms with van der Waals surface area (Å²) in [6.07, 6.45) is 35.2. The summed E-state index contributed by atoms with van der Waals surface area (Å²) in [5.41, 5.74) is -0.504. The molecule has 5 aliphatic carbocycles. The van der Waals surface area contributed by atoms with E-state index >= 15 is 0 Å². The first-order valence-corrected chi connectivity index (χ1v) is 39.3. The number of benzene rings is 1. The third-order valence-electron chi connectivity index (χ3n) is 21.8. The Balaban J connectivity index is 0.000000173. The lowest BCUT2D eigenvalue weighted by atomic mass is 9.95. The molecule has 2 N–H and O–H groups in total. The Morgan fingerprint density at radius 3 is 1.35 bits per heavy atom. The first kappa shape index (κ1) is 81.7. The molecule has 12 rings (SSSR count). The monoisotopic (exact) mass is 1450 g/mol. The summed E-state index contributed by atoms with van der Waals surface area (Å²) < 4.78 is 27.7. The maximum Gasteiger partial charge on any atom is 0.353 e. The number of hydrogen-bond donors (Lipinski definition) is 2. The molecule has 570 valence electrons. The zero-order valence-electron chi connectivity index (χ0n) is 62.8. The van der Waals surface area contributed by atoms with Crippen molar-refractivity contribution in [1.29, 1.82) is 0 Å². The lowest BCUT2D eigenvalue weighted by molar-refractivity contribution is -0.141. The van der Waals surface area contributed by atoms with Gasteiger partial charge in [-0.3, -0.25) is 28.2 Å². The molecule has 7 aliphatic rings. The second kappa shape index (κ2) is 41.7. The lowest BCUT2D eigenvalue weighted by Gasteiger charge is -2.39. The first-order valence-electron chi connectivity index (χ1n) is 38.9. The largest absolute Gasteiger partial charge is 0.377 e. The highest BCUT2D eigenvalue weighted by Gasteiger charge is 2.41. The first-order chi connectivity index (χ1) is 49.7. The van der Waals surface area contributed by atoms with E-state index in [1.165, 1.54) is 90.9 Å². The fourth-order valence-electron chi connectivity index (χ4n) is 16.6. The number of thiocarbonyl (C=S) groups is 1. The molecule has 2 aliphatic heterocycles. The molecule has 5 saturated carbocycles. The minimum atomic E-state index is -0.559. The summed E-state index contributed by atoms with van der Waals surface area (Å²) >= 11 is 4.97. The van der Waals surface area contributed by atoms with Crippen molar-refractivity contribution in [2.24, 2.45) is 0 Å². The van der Waals surface area contributed by atoms with Gasteiger partial charge in [-0.1, -0.05) is 133 Å². The zero-order valence-corrected chi connectivity index (χ0v) is 63.7. The highest BCUT2D eigenvalue weighted by atomic mass is 32.1. The van der Waals surface area contributed by atoms with Crippen LogP contribution in [0.3, 0.4) is 0 Å². The molecule has 0 spiro atoms. The van der Waals surface area contributed by atoms with E-state index in [0.717, 1.165) is 138 Å². The predicted molar refractivity (Wildman–Crippen MR) is 403 cm³/mol. The van der Waals surface area contributed by atoms with E-state index in [0.29, 0.717) is 86.6 Å². The van der Waals surface area contributed by atoms with E-state index in [1.807, 2.05) is 20.8 Å². The summed E-state index contributed by atoms with van der Waals surface area (Å²) in [6, 6.07) is 10.9. The lowest BCUT2D eigenvalue weighted by Crippen LogP contribution is -2.47. The van der Waals surface area contributed by atoms with Crippen molar-refractivity contribution in [3.05, 3.63) is 143 Å². The normalized spacial score (nSPS) is 20.0. The van der Waals surface area contributed by atoms with Gasteiger partial charge >= 0.3 is 45.5 Å². The summed E-state index contributed by atoms with van der Waals surface area (Å²) in [7, 11) is 0. The van der Waals surface area contributed by atoms with Crippen molar-refractivity contribution in [2.75, 3.05) is 19.8 Å². The Kier molecular flexibility index (Phi) is 33.1. The Labute approximate surface area is 610 Å². The SMILES string of the molecule is CC(=S)NC1CCCCC1.CCOC(CCn1c(=O)nc(C)n(C2CCCCC2)c1=O)OCC.Cc1ccccc1COC1CC2CCC(C1)N2CCCn1c(=O)nc(C)n(C2CCCCC2)c1=O.Cc1nc(=O)[nH]c(=O)n1C1CCCCC1.Cc1nc(=O)n(CCC=O)c(=O)n1C1CCCCC1. The molecule has 1 aromatic carbocycles. The number of aromatic nitrogens is 12. The smallest absolute Gasteiger partial charge is 0.353 e. The number of aromatic amines is 1. The Bertz CT molecular complexity index is 3990. The molecule has 4 aromatic heterocycles. The molecule has 26 nitrogen and oxygen atoms in total. The minimum Gasteiger partial charge on any atom is -0.377 e. The number of piperidine rings is 1. The summed E-state index contributed by atoms with van der Waals surface area (Å²) in [5.74, 6) is 2.08. The van der Waals surface area contributed by atoms with Crippen LogP contribution in [0.4, 0.5) is 0 Å². The Hall–Kier alpha value is -6.94. The van der Waals surface area contributed by atoms with Gasteiger partial charge in [0.15, 0.2) is 6.29 Å². The molecule has 2 bridgehead atoms. The Morgan fingerprint density at radius 2 is 0.932 bits per heavy atom. The number of ether oxygens (including phenoxy) is 3. The summed E-state index contributed by atoms with van der Waals surface area (Å²) in [6.45, 7) is 18.3. The number of carbonyl (C=O) groups excluding carboxylic acids is 1. The number of hydrogen-bond acceptors (Lipinski definition) is 18. The molecule has 7 fully saturated rings. The predicted octanol–water partition coefficient (Wildman–Crippen LogP) is 9.95. The average molecular weight is 1450 g/mol. The molecule has 2 unspecified atom stereocenters. The van der Waals surface area contributed by atoms with E-state index in [-0.39, 0.29) is 66.4 Å². The Morgan fingerprint density at radius 1 is 0.524 bits per heavy atom. The van der Waals surface area contributed by atoms with E-state index in [9.17, 15) is 43.2 Å². The maximum absolute atomic E-state index is 13.2. The molecular weight excluding hydrogens is 1330 g/mol. The van der Waals surface area contributed by atoms with Gasteiger partial charge in [0.1, 0.15) is 29.6 Å². The van der Waals surface area contributed by atoms with Gasteiger partial charge in [0.25, 0.3) is 0 Å². The van der Waals surface area contributed by atoms with Crippen LogP contribution in [-0.4, -0.2) is 123 Å². The fourth-order valence-corrected chi connectivity index (χ4v) is 16.8. The summed E-state index contributed by atoms with van der Waals surface area (Å²) in [4.78, 5) is 130. The number of aryl methyl sites for hydroxylation is 5. The number of fused-ring (bicyclic) bond motifs is 2. The second-order valence-electron chi connectivity index (χ2n) is 29.1. The molecular formula is C76H118N14O12S. The van der Waals surface area contributed by atoms with Crippen molar-refractivity contribution in [3.8, 4) is 0 Å². The van der Waals surface area contributed by atoms with Gasteiger partial charge in [0.2, 0.25) is 0 Å². The van der Waals surface area contributed by atoms with E-state index in [1.54, 1.807) is 46.0 Å². The number of nitrogens with one attached hydrogen (secondary N) is 2. The van der Waals surface area contributed by atoms with Gasteiger partial charge in [-0.25, -0.2) is 52.1 Å². The second-order valence-corrected chi connectivity index (χ2v) is 29.7. The van der Waals surface area contributed by atoms with E-state index in [4.69, 9.17) is 26.4 Å². The third kappa shape index (κ3) is 23.5. The number of nitrogens with zero attached hydrogens (tertiary/aromatic N) is 12. The van der Waals surface area contributed by atoms with E-state index in [2.05, 4.69) is 66.3 Å². The highest BCUT2D eigenvalue weighted by molar-refractivity contribution is 7.80. The van der Waals surface area contributed by atoms with Crippen LogP contribution in [0.25, 0.3) is 0 Å². The number of aldehydes is 1. The van der Waals surface area contributed by atoms with Crippen molar-refractivity contribution < 1.29 is 19.0 Å². The van der Waals surface area contributed by atoms with Crippen LogP contribution in [0.5, 0.6) is 0 Å². The van der Waals surface area contributed by atoms with Crippen LogP contribution in [0.1, 0.15) is 285 Å². The molecule has 2 saturated heterocycles. The minimum absolute atomic E-state index is 0.112. The van der Waals surface area contributed by atoms with Crippen LogP contribution in [-0.2, 0) is 45.2 Å². The van der Waals surface area contributed by atoms with Crippen molar-refractivity contribution in [1.82, 2.24) is 67.1 Å². The fraction of sp³-hybridized carbons (Fsp3) is 0.737. The van der Waals surface area contributed by atoms with Crippen LogP contribution >= 0.6 is 12.2 Å².